The first-order valence-corrected chi connectivity index (χ1v) is 7.59. The molecule has 1 aromatic carbocycles. The zero-order valence-electron chi connectivity index (χ0n) is 12.0. The van der Waals surface area contributed by atoms with E-state index in [2.05, 4.69) is 42.6 Å². The Morgan fingerprint density at radius 2 is 1.95 bits per heavy atom. The second-order valence-corrected chi connectivity index (χ2v) is 5.73. The van der Waals surface area contributed by atoms with Gasteiger partial charge in [-0.15, -0.1) is 0 Å². The SMILES string of the molecule is CCCCCC(=O)NCC1(c2ccccc2)CCC1. The van der Waals surface area contributed by atoms with Gasteiger partial charge in [0.05, 0.1) is 0 Å². The van der Waals surface area contributed by atoms with Crippen LogP contribution in [0.3, 0.4) is 0 Å². The van der Waals surface area contributed by atoms with E-state index in [-0.39, 0.29) is 11.3 Å². The monoisotopic (exact) mass is 259 g/mol. The van der Waals surface area contributed by atoms with Crippen molar-refractivity contribution in [1.82, 2.24) is 5.32 Å². The fraction of sp³-hybridized carbons (Fsp3) is 0.588. The van der Waals surface area contributed by atoms with E-state index in [1.54, 1.807) is 0 Å². The molecule has 2 heteroatoms. The second-order valence-electron chi connectivity index (χ2n) is 5.73. The van der Waals surface area contributed by atoms with Gasteiger partial charge in [-0.25, -0.2) is 0 Å². The third kappa shape index (κ3) is 3.59. The lowest BCUT2D eigenvalue weighted by molar-refractivity contribution is -0.121. The molecule has 0 heterocycles. The summed E-state index contributed by atoms with van der Waals surface area (Å²) in [6.07, 6.45) is 7.69. The highest BCUT2D eigenvalue weighted by atomic mass is 16.1. The quantitative estimate of drug-likeness (QED) is 0.741. The average molecular weight is 259 g/mol. The smallest absolute Gasteiger partial charge is 0.220 e. The molecule has 0 aromatic heterocycles. The summed E-state index contributed by atoms with van der Waals surface area (Å²) < 4.78 is 0. The van der Waals surface area contributed by atoms with Crippen molar-refractivity contribution in [2.24, 2.45) is 0 Å². The van der Waals surface area contributed by atoms with Crippen LogP contribution in [0.25, 0.3) is 0 Å². The molecule has 0 saturated heterocycles. The van der Waals surface area contributed by atoms with E-state index >= 15 is 0 Å². The molecular formula is C17H25NO. The van der Waals surface area contributed by atoms with Gasteiger partial charge in [-0.1, -0.05) is 56.5 Å². The topological polar surface area (TPSA) is 29.1 Å². The first-order valence-electron chi connectivity index (χ1n) is 7.59. The second kappa shape index (κ2) is 6.74. The Hall–Kier alpha value is -1.31. The molecule has 19 heavy (non-hydrogen) atoms. The summed E-state index contributed by atoms with van der Waals surface area (Å²) in [5.74, 6) is 0.218. The van der Waals surface area contributed by atoms with Crippen LogP contribution >= 0.6 is 0 Å². The first-order chi connectivity index (χ1) is 9.27. The minimum Gasteiger partial charge on any atom is -0.355 e. The molecule has 1 N–H and O–H groups in total. The third-order valence-electron chi connectivity index (χ3n) is 4.33. The van der Waals surface area contributed by atoms with Gasteiger partial charge in [-0.05, 0) is 24.8 Å². The molecule has 0 bridgehead atoms. The van der Waals surface area contributed by atoms with Crippen LogP contribution in [0, 0.1) is 0 Å². The predicted molar refractivity (Wildman–Crippen MR) is 79.1 cm³/mol. The normalized spacial score (nSPS) is 16.7. The molecule has 2 rings (SSSR count). The molecule has 1 amide bonds. The van der Waals surface area contributed by atoms with Crippen molar-refractivity contribution >= 4 is 5.91 Å². The summed E-state index contributed by atoms with van der Waals surface area (Å²) in [4.78, 5) is 11.8. The first kappa shape index (κ1) is 14.1. The van der Waals surface area contributed by atoms with Gasteiger partial charge in [0.15, 0.2) is 0 Å². The minimum atomic E-state index is 0.210. The van der Waals surface area contributed by atoms with Crippen LogP contribution in [0.1, 0.15) is 57.4 Å². The molecular weight excluding hydrogens is 234 g/mol. The molecule has 1 aliphatic carbocycles. The predicted octanol–water partition coefficient (Wildman–Crippen LogP) is 3.80. The van der Waals surface area contributed by atoms with Crippen LogP contribution in [0.2, 0.25) is 0 Å². The molecule has 0 unspecified atom stereocenters. The molecule has 0 atom stereocenters. The highest BCUT2D eigenvalue weighted by molar-refractivity contribution is 5.76. The molecule has 2 nitrogen and oxygen atoms in total. The van der Waals surface area contributed by atoms with E-state index in [0.29, 0.717) is 6.42 Å². The Morgan fingerprint density at radius 3 is 2.53 bits per heavy atom. The standard InChI is InChI=1S/C17H25NO/c1-2-3-5-11-16(19)18-14-17(12-8-13-17)15-9-6-4-7-10-15/h4,6-7,9-10H,2-3,5,8,11-14H2,1H3,(H,18,19). The number of carbonyl (C=O) groups is 1. The summed E-state index contributed by atoms with van der Waals surface area (Å²) >= 11 is 0. The van der Waals surface area contributed by atoms with Crippen LogP contribution in [-0.4, -0.2) is 12.5 Å². The van der Waals surface area contributed by atoms with Crippen molar-refractivity contribution in [3.63, 3.8) is 0 Å². The minimum absolute atomic E-state index is 0.210. The van der Waals surface area contributed by atoms with Crippen LogP contribution < -0.4 is 5.32 Å². The van der Waals surface area contributed by atoms with Crippen molar-refractivity contribution in [2.75, 3.05) is 6.54 Å². The van der Waals surface area contributed by atoms with E-state index in [1.165, 1.54) is 31.2 Å². The number of unbranched alkanes of at least 4 members (excludes halogenated alkanes) is 2. The number of rotatable bonds is 7. The molecule has 0 radical (unpaired) electrons. The van der Waals surface area contributed by atoms with Crippen molar-refractivity contribution in [3.8, 4) is 0 Å². The molecule has 104 valence electrons. The van der Waals surface area contributed by atoms with Gasteiger partial charge in [0.25, 0.3) is 0 Å². The summed E-state index contributed by atoms with van der Waals surface area (Å²) in [6, 6.07) is 10.6. The van der Waals surface area contributed by atoms with Gasteiger partial charge in [-0.2, -0.15) is 0 Å². The highest BCUT2D eigenvalue weighted by Crippen LogP contribution is 2.43. The Balaban J connectivity index is 1.85. The summed E-state index contributed by atoms with van der Waals surface area (Å²) in [7, 11) is 0. The van der Waals surface area contributed by atoms with Gasteiger partial charge in [-0.3, -0.25) is 4.79 Å². The highest BCUT2D eigenvalue weighted by Gasteiger charge is 2.38. The van der Waals surface area contributed by atoms with Crippen molar-refractivity contribution in [3.05, 3.63) is 35.9 Å². The summed E-state index contributed by atoms with van der Waals surface area (Å²) in [5.41, 5.74) is 1.59. The molecule has 1 saturated carbocycles. The van der Waals surface area contributed by atoms with Gasteiger partial charge in [0.1, 0.15) is 0 Å². The number of carbonyl (C=O) groups excluding carboxylic acids is 1. The molecule has 1 fully saturated rings. The van der Waals surface area contributed by atoms with E-state index in [1.807, 2.05) is 0 Å². The van der Waals surface area contributed by atoms with Crippen molar-refractivity contribution < 1.29 is 4.79 Å². The van der Waals surface area contributed by atoms with E-state index in [4.69, 9.17) is 0 Å². The number of hydrogen-bond acceptors (Lipinski definition) is 1. The van der Waals surface area contributed by atoms with Crippen LogP contribution in [0.4, 0.5) is 0 Å². The van der Waals surface area contributed by atoms with E-state index < -0.39 is 0 Å². The number of amides is 1. The Labute approximate surface area is 116 Å². The number of hydrogen-bond donors (Lipinski definition) is 1. The van der Waals surface area contributed by atoms with E-state index in [0.717, 1.165) is 19.4 Å². The Kier molecular flexibility index (Phi) is 5.00. The largest absolute Gasteiger partial charge is 0.355 e. The van der Waals surface area contributed by atoms with Crippen LogP contribution in [0.15, 0.2) is 30.3 Å². The maximum atomic E-state index is 11.8. The molecule has 0 spiro atoms. The molecule has 0 aliphatic heterocycles. The van der Waals surface area contributed by atoms with Gasteiger partial charge in [0, 0.05) is 18.4 Å². The van der Waals surface area contributed by atoms with Crippen molar-refractivity contribution in [2.45, 2.75) is 57.3 Å². The fourth-order valence-electron chi connectivity index (χ4n) is 2.85. The van der Waals surface area contributed by atoms with Crippen LogP contribution in [0.5, 0.6) is 0 Å². The Bertz CT molecular complexity index is 395. The number of benzene rings is 1. The zero-order valence-corrected chi connectivity index (χ0v) is 12.0. The zero-order chi connectivity index (χ0) is 13.6. The molecule has 1 aromatic rings. The van der Waals surface area contributed by atoms with Gasteiger partial charge < -0.3 is 5.32 Å². The van der Waals surface area contributed by atoms with Crippen molar-refractivity contribution in [1.29, 1.82) is 0 Å². The lowest BCUT2D eigenvalue weighted by Crippen LogP contribution is -2.45. The number of nitrogens with one attached hydrogen (secondary N) is 1. The van der Waals surface area contributed by atoms with Gasteiger partial charge in [0.2, 0.25) is 5.91 Å². The average Bonchev–Trinajstić information content (AvgIpc) is 2.39. The van der Waals surface area contributed by atoms with Gasteiger partial charge >= 0.3 is 0 Å². The molecule has 1 aliphatic rings. The van der Waals surface area contributed by atoms with E-state index in [9.17, 15) is 4.79 Å². The third-order valence-corrected chi connectivity index (χ3v) is 4.33. The lowest BCUT2D eigenvalue weighted by Gasteiger charge is -2.42. The maximum Gasteiger partial charge on any atom is 0.220 e. The fourth-order valence-corrected chi connectivity index (χ4v) is 2.85. The summed E-state index contributed by atoms with van der Waals surface area (Å²) in [6.45, 7) is 2.97. The maximum absolute atomic E-state index is 11.8. The summed E-state index contributed by atoms with van der Waals surface area (Å²) in [5, 5.41) is 3.14. The Morgan fingerprint density at radius 1 is 1.21 bits per heavy atom. The van der Waals surface area contributed by atoms with Crippen LogP contribution in [-0.2, 0) is 10.2 Å². The lowest BCUT2D eigenvalue weighted by atomic mass is 9.64.